The predicted molar refractivity (Wildman–Crippen MR) is 108 cm³/mol. The number of rotatable bonds is 5. The fourth-order valence-corrected chi connectivity index (χ4v) is 5.10. The summed E-state index contributed by atoms with van der Waals surface area (Å²) in [6, 6.07) is 4.59. The standard InChI is InChI=1S/C18H27N3O5S.ClH/c1-25-16-4-3-15(13-17(16)26-2)27(23,24)21-9-5-14(6-10-21)18(22)20-11-7-19-8-12-20;/h3-4,13-14,19H,5-12H2,1-2H3;1H. The fraction of sp³-hybridized carbons (Fsp3) is 0.611. The van der Waals surface area contributed by atoms with Gasteiger partial charge in [0, 0.05) is 51.3 Å². The van der Waals surface area contributed by atoms with Gasteiger partial charge in [-0.05, 0) is 25.0 Å². The molecule has 1 N–H and O–H groups in total. The van der Waals surface area contributed by atoms with Gasteiger partial charge in [-0.15, -0.1) is 12.4 Å². The zero-order valence-corrected chi connectivity index (χ0v) is 17.9. The lowest BCUT2D eigenvalue weighted by molar-refractivity contribution is -0.137. The molecule has 2 saturated heterocycles. The summed E-state index contributed by atoms with van der Waals surface area (Å²) in [5.74, 6) is 0.916. The molecule has 2 heterocycles. The third-order valence-electron chi connectivity index (χ3n) is 5.22. The number of halogens is 1. The molecular formula is C18H28ClN3O5S. The largest absolute Gasteiger partial charge is 0.493 e. The molecule has 1 aromatic rings. The third-order valence-corrected chi connectivity index (χ3v) is 7.12. The number of carbonyl (C=O) groups is 1. The summed E-state index contributed by atoms with van der Waals surface area (Å²) in [4.78, 5) is 14.7. The zero-order chi connectivity index (χ0) is 19.4. The Balaban J connectivity index is 0.00000280. The van der Waals surface area contributed by atoms with Crippen molar-refractivity contribution in [3.63, 3.8) is 0 Å². The van der Waals surface area contributed by atoms with Crippen LogP contribution in [0.15, 0.2) is 23.1 Å². The molecule has 28 heavy (non-hydrogen) atoms. The Morgan fingerprint density at radius 1 is 1.04 bits per heavy atom. The van der Waals surface area contributed by atoms with Gasteiger partial charge >= 0.3 is 0 Å². The molecular weight excluding hydrogens is 406 g/mol. The molecule has 0 aliphatic carbocycles. The van der Waals surface area contributed by atoms with Gasteiger partial charge in [-0.25, -0.2) is 8.42 Å². The molecule has 0 saturated carbocycles. The predicted octanol–water partition coefficient (Wildman–Crippen LogP) is 0.958. The minimum absolute atomic E-state index is 0. The molecule has 2 aliphatic rings. The van der Waals surface area contributed by atoms with E-state index in [9.17, 15) is 13.2 Å². The van der Waals surface area contributed by atoms with Crippen molar-refractivity contribution in [1.82, 2.24) is 14.5 Å². The molecule has 0 bridgehead atoms. The maximum atomic E-state index is 13.0. The molecule has 158 valence electrons. The molecule has 3 rings (SSSR count). The van der Waals surface area contributed by atoms with Crippen molar-refractivity contribution in [3.05, 3.63) is 18.2 Å². The molecule has 0 atom stereocenters. The van der Waals surface area contributed by atoms with Crippen LogP contribution in [0.3, 0.4) is 0 Å². The van der Waals surface area contributed by atoms with E-state index in [0.29, 0.717) is 37.4 Å². The highest BCUT2D eigenvalue weighted by Gasteiger charge is 2.34. The molecule has 1 aromatic carbocycles. The van der Waals surface area contributed by atoms with Crippen LogP contribution < -0.4 is 14.8 Å². The molecule has 1 amide bonds. The van der Waals surface area contributed by atoms with Crippen LogP contribution in [0.4, 0.5) is 0 Å². The molecule has 0 unspecified atom stereocenters. The van der Waals surface area contributed by atoms with Crippen LogP contribution in [0.5, 0.6) is 11.5 Å². The highest BCUT2D eigenvalue weighted by molar-refractivity contribution is 7.89. The Hall–Kier alpha value is -1.55. The maximum Gasteiger partial charge on any atom is 0.243 e. The van der Waals surface area contributed by atoms with Crippen molar-refractivity contribution < 1.29 is 22.7 Å². The number of methoxy groups -OCH3 is 2. The third kappa shape index (κ3) is 4.71. The number of hydrogen-bond donors (Lipinski definition) is 1. The van der Waals surface area contributed by atoms with E-state index in [-0.39, 0.29) is 29.1 Å². The summed E-state index contributed by atoms with van der Waals surface area (Å²) < 4.78 is 37.8. The monoisotopic (exact) mass is 433 g/mol. The highest BCUT2D eigenvalue weighted by atomic mass is 35.5. The number of ether oxygens (including phenoxy) is 2. The minimum Gasteiger partial charge on any atom is -0.493 e. The quantitative estimate of drug-likeness (QED) is 0.744. The topological polar surface area (TPSA) is 88.2 Å². The van der Waals surface area contributed by atoms with Crippen molar-refractivity contribution in [2.45, 2.75) is 17.7 Å². The Morgan fingerprint density at radius 3 is 2.21 bits per heavy atom. The SMILES string of the molecule is COc1ccc(S(=O)(=O)N2CCC(C(=O)N3CCNCC3)CC2)cc1OC.Cl. The van der Waals surface area contributed by atoms with Gasteiger partial charge in [0.2, 0.25) is 15.9 Å². The number of nitrogens with zero attached hydrogens (tertiary/aromatic N) is 2. The van der Waals surface area contributed by atoms with E-state index >= 15 is 0 Å². The fourth-order valence-electron chi connectivity index (χ4n) is 3.61. The van der Waals surface area contributed by atoms with Crippen LogP contribution in [0.2, 0.25) is 0 Å². The minimum atomic E-state index is -3.63. The highest BCUT2D eigenvalue weighted by Crippen LogP contribution is 2.32. The smallest absolute Gasteiger partial charge is 0.243 e. The number of piperidine rings is 1. The summed E-state index contributed by atoms with van der Waals surface area (Å²) >= 11 is 0. The molecule has 8 nitrogen and oxygen atoms in total. The van der Waals surface area contributed by atoms with Crippen LogP contribution in [0.1, 0.15) is 12.8 Å². The van der Waals surface area contributed by atoms with Crippen LogP contribution in [0.25, 0.3) is 0 Å². The van der Waals surface area contributed by atoms with E-state index in [1.165, 1.54) is 30.7 Å². The summed E-state index contributed by atoms with van der Waals surface area (Å²) in [5.41, 5.74) is 0. The van der Waals surface area contributed by atoms with E-state index < -0.39 is 10.0 Å². The Bertz CT molecular complexity index is 775. The van der Waals surface area contributed by atoms with Gasteiger partial charge in [-0.3, -0.25) is 4.79 Å². The molecule has 0 aromatic heterocycles. The van der Waals surface area contributed by atoms with Gasteiger partial charge in [0.1, 0.15) is 0 Å². The summed E-state index contributed by atoms with van der Waals surface area (Å²) in [7, 11) is -0.651. The van der Waals surface area contributed by atoms with Gasteiger partial charge in [-0.2, -0.15) is 4.31 Å². The van der Waals surface area contributed by atoms with Gasteiger partial charge < -0.3 is 19.7 Å². The molecule has 0 radical (unpaired) electrons. The number of piperazine rings is 1. The van der Waals surface area contributed by atoms with Gasteiger partial charge in [0.25, 0.3) is 0 Å². The number of nitrogens with one attached hydrogen (secondary N) is 1. The second-order valence-electron chi connectivity index (χ2n) is 6.77. The molecule has 2 fully saturated rings. The van der Waals surface area contributed by atoms with Gasteiger partial charge in [0.15, 0.2) is 11.5 Å². The Kier molecular flexibility index (Phi) is 7.94. The molecule has 2 aliphatic heterocycles. The van der Waals surface area contributed by atoms with Crippen LogP contribution >= 0.6 is 12.4 Å². The first-order valence-corrected chi connectivity index (χ1v) is 10.6. The zero-order valence-electron chi connectivity index (χ0n) is 16.2. The normalized spacial score (nSPS) is 19.0. The van der Waals surface area contributed by atoms with Crippen molar-refractivity contribution in [2.75, 3.05) is 53.5 Å². The Morgan fingerprint density at radius 2 is 1.64 bits per heavy atom. The first-order chi connectivity index (χ1) is 13.0. The number of amides is 1. The van der Waals surface area contributed by atoms with Gasteiger partial charge in [0.05, 0.1) is 19.1 Å². The second kappa shape index (κ2) is 9.78. The second-order valence-corrected chi connectivity index (χ2v) is 8.71. The maximum absolute atomic E-state index is 13.0. The summed E-state index contributed by atoms with van der Waals surface area (Å²) in [6.07, 6.45) is 1.10. The van der Waals surface area contributed by atoms with E-state index in [4.69, 9.17) is 9.47 Å². The number of carbonyl (C=O) groups excluding carboxylic acids is 1. The van der Waals surface area contributed by atoms with E-state index in [1.807, 2.05) is 4.90 Å². The first-order valence-electron chi connectivity index (χ1n) is 9.19. The number of hydrogen-bond acceptors (Lipinski definition) is 6. The number of sulfonamides is 1. The average molecular weight is 434 g/mol. The van der Waals surface area contributed by atoms with Crippen molar-refractivity contribution >= 4 is 28.3 Å². The first kappa shape index (κ1) is 22.7. The van der Waals surface area contributed by atoms with Crippen LogP contribution in [0, 0.1) is 5.92 Å². The lowest BCUT2D eigenvalue weighted by atomic mass is 9.96. The van der Waals surface area contributed by atoms with Crippen molar-refractivity contribution in [1.29, 1.82) is 0 Å². The molecule has 0 spiro atoms. The average Bonchev–Trinajstić information content (AvgIpc) is 2.73. The molecule has 10 heteroatoms. The lowest BCUT2D eigenvalue weighted by Crippen LogP contribution is -2.50. The summed E-state index contributed by atoms with van der Waals surface area (Å²) in [5, 5.41) is 3.23. The van der Waals surface area contributed by atoms with E-state index in [0.717, 1.165) is 26.2 Å². The number of benzene rings is 1. The van der Waals surface area contributed by atoms with Crippen LogP contribution in [-0.4, -0.2) is 77.0 Å². The van der Waals surface area contributed by atoms with Crippen LogP contribution in [-0.2, 0) is 14.8 Å². The Labute approximate surface area is 172 Å². The summed E-state index contributed by atoms with van der Waals surface area (Å²) in [6.45, 7) is 3.78. The van der Waals surface area contributed by atoms with Crippen molar-refractivity contribution in [2.24, 2.45) is 5.92 Å². The van der Waals surface area contributed by atoms with E-state index in [2.05, 4.69) is 5.32 Å². The van der Waals surface area contributed by atoms with Gasteiger partial charge in [-0.1, -0.05) is 0 Å². The van der Waals surface area contributed by atoms with Crippen molar-refractivity contribution in [3.8, 4) is 11.5 Å². The lowest BCUT2D eigenvalue weighted by Gasteiger charge is -2.35. The van der Waals surface area contributed by atoms with E-state index in [1.54, 1.807) is 6.07 Å².